The van der Waals surface area contributed by atoms with E-state index in [1.807, 2.05) is 12.1 Å². The molecule has 1 aromatic carbocycles. The van der Waals surface area contributed by atoms with E-state index in [2.05, 4.69) is 34.7 Å². The molecule has 4 nitrogen and oxygen atoms in total. The quantitative estimate of drug-likeness (QED) is 0.898. The Morgan fingerprint density at radius 2 is 1.81 bits per heavy atom. The molecular weight excluding hydrogens is 334 g/mol. The van der Waals surface area contributed by atoms with Gasteiger partial charge in [-0.25, -0.2) is 0 Å². The summed E-state index contributed by atoms with van der Waals surface area (Å²) in [5.41, 5.74) is -0.00741. The van der Waals surface area contributed by atoms with E-state index in [1.165, 1.54) is 0 Å². The highest BCUT2D eigenvalue weighted by Crippen LogP contribution is 2.45. The summed E-state index contributed by atoms with van der Waals surface area (Å²) in [6.07, 6.45) is 1.42. The van der Waals surface area contributed by atoms with E-state index in [0.717, 1.165) is 23.1 Å². The fraction of sp³-hybridized carbons (Fsp3) is 0.625. The Hall–Kier alpha value is -0.780. The number of ether oxygens (including phenoxy) is 2. The molecule has 118 valence electrons. The van der Waals surface area contributed by atoms with Gasteiger partial charge in [-0.1, -0.05) is 0 Å². The molecule has 1 fully saturated rings. The minimum absolute atomic E-state index is 0.513. The van der Waals surface area contributed by atoms with Crippen LogP contribution in [0.1, 0.15) is 32.3 Å². The summed E-state index contributed by atoms with van der Waals surface area (Å²) in [6, 6.07) is 4.29. The Morgan fingerprint density at radius 3 is 2.29 bits per heavy atom. The second-order valence-electron chi connectivity index (χ2n) is 5.82. The Kier molecular flexibility index (Phi) is 5.17. The Labute approximate surface area is 135 Å². The number of aliphatic hydroxyl groups is 1. The van der Waals surface area contributed by atoms with Crippen molar-refractivity contribution < 1.29 is 14.6 Å². The SMILES string of the molecule is COc1ccc(C2(O)CCN(C(C)C)CC2)c(OC)c1Br. The molecule has 0 amide bonds. The maximum absolute atomic E-state index is 11.1. The molecule has 0 aliphatic carbocycles. The fourth-order valence-electron chi connectivity index (χ4n) is 2.94. The molecule has 1 aliphatic heterocycles. The van der Waals surface area contributed by atoms with Gasteiger partial charge in [-0.3, -0.25) is 0 Å². The van der Waals surface area contributed by atoms with Crippen LogP contribution in [-0.4, -0.2) is 43.4 Å². The molecule has 1 saturated heterocycles. The molecule has 21 heavy (non-hydrogen) atoms. The molecule has 0 unspecified atom stereocenters. The zero-order valence-corrected chi connectivity index (χ0v) is 14.7. The van der Waals surface area contributed by atoms with Crippen molar-refractivity contribution in [2.75, 3.05) is 27.3 Å². The maximum atomic E-state index is 11.1. The maximum Gasteiger partial charge on any atom is 0.142 e. The first-order valence-electron chi connectivity index (χ1n) is 7.30. The average Bonchev–Trinajstić information content (AvgIpc) is 2.47. The van der Waals surface area contributed by atoms with Crippen LogP contribution < -0.4 is 9.47 Å². The average molecular weight is 358 g/mol. The van der Waals surface area contributed by atoms with E-state index in [1.54, 1.807) is 14.2 Å². The van der Waals surface area contributed by atoms with Crippen molar-refractivity contribution in [3.05, 3.63) is 22.2 Å². The number of methoxy groups -OCH3 is 2. The van der Waals surface area contributed by atoms with Crippen LogP contribution in [0.3, 0.4) is 0 Å². The van der Waals surface area contributed by atoms with Gasteiger partial charge in [0.05, 0.1) is 19.8 Å². The number of nitrogens with zero attached hydrogens (tertiary/aromatic N) is 1. The van der Waals surface area contributed by atoms with Crippen molar-refractivity contribution in [2.45, 2.75) is 38.3 Å². The number of piperidine rings is 1. The lowest BCUT2D eigenvalue weighted by Crippen LogP contribution is -2.45. The predicted octanol–water partition coefficient (Wildman–Crippen LogP) is 3.16. The molecule has 0 radical (unpaired) electrons. The van der Waals surface area contributed by atoms with Crippen LogP contribution in [0.25, 0.3) is 0 Å². The van der Waals surface area contributed by atoms with Gasteiger partial charge in [0, 0.05) is 24.7 Å². The normalized spacial score (nSPS) is 18.8. The summed E-state index contributed by atoms with van der Waals surface area (Å²) < 4.78 is 11.6. The van der Waals surface area contributed by atoms with Gasteiger partial charge in [-0.2, -0.15) is 0 Å². The van der Waals surface area contributed by atoms with Crippen molar-refractivity contribution in [3.63, 3.8) is 0 Å². The Balaban J connectivity index is 2.31. The first-order valence-corrected chi connectivity index (χ1v) is 8.09. The van der Waals surface area contributed by atoms with Crippen LogP contribution in [-0.2, 0) is 5.60 Å². The third-order valence-electron chi connectivity index (χ3n) is 4.34. The summed E-state index contributed by atoms with van der Waals surface area (Å²) in [5, 5.41) is 11.1. The van der Waals surface area contributed by atoms with Crippen LogP contribution in [0.2, 0.25) is 0 Å². The molecule has 0 saturated carbocycles. The van der Waals surface area contributed by atoms with Crippen molar-refractivity contribution in [3.8, 4) is 11.5 Å². The van der Waals surface area contributed by atoms with E-state index >= 15 is 0 Å². The summed E-state index contributed by atoms with van der Waals surface area (Å²) >= 11 is 3.51. The van der Waals surface area contributed by atoms with Gasteiger partial charge in [0.1, 0.15) is 16.0 Å². The van der Waals surface area contributed by atoms with E-state index in [-0.39, 0.29) is 0 Å². The van der Waals surface area contributed by atoms with E-state index < -0.39 is 5.60 Å². The monoisotopic (exact) mass is 357 g/mol. The van der Waals surface area contributed by atoms with Crippen LogP contribution >= 0.6 is 15.9 Å². The highest BCUT2D eigenvalue weighted by Gasteiger charge is 2.37. The molecule has 0 aromatic heterocycles. The van der Waals surface area contributed by atoms with Gasteiger partial charge in [-0.05, 0) is 54.8 Å². The smallest absolute Gasteiger partial charge is 0.142 e. The lowest BCUT2D eigenvalue weighted by molar-refractivity contribution is -0.0339. The number of hydrogen-bond donors (Lipinski definition) is 1. The summed E-state index contributed by atoms with van der Waals surface area (Å²) in [4.78, 5) is 2.39. The minimum Gasteiger partial charge on any atom is -0.495 e. The Bertz CT molecular complexity index is 497. The van der Waals surface area contributed by atoms with Gasteiger partial charge in [0.15, 0.2) is 0 Å². The van der Waals surface area contributed by atoms with E-state index in [4.69, 9.17) is 9.47 Å². The molecule has 1 aromatic rings. The molecule has 1 heterocycles. The number of hydrogen-bond acceptors (Lipinski definition) is 4. The first-order chi connectivity index (χ1) is 9.92. The standard InChI is InChI=1S/C16H24BrNO3/c1-11(2)18-9-7-16(19,8-10-18)12-5-6-13(20-3)14(17)15(12)21-4/h5-6,11,19H,7-10H2,1-4H3. The molecule has 0 atom stereocenters. The first kappa shape index (κ1) is 16.6. The Morgan fingerprint density at radius 1 is 1.19 bits per heavy atom. The number of benzene rings is 1. The lowest BCUT2D eigenvalue weighted by atomic mass is 9.83. The topological polar surface area (TPSA) is 41.9 Å². The molecule has 2 rings (SSSR count). The third kappa shape index (κ3) is 3.20. The number of likely N-dealkylation sites (tertiary alicyclic amines) is 1. The van der Waals surface area contributed by atoms with Crippen LogP contribution in [0.4, 0.5) is 0 Å². The number of rotatable bonds is 4. The largest absolute Gasteiger partial charge is 0.495 e. The zero-order chi connectivity index (χ0) is 15.6. The third-order valence-corrected chi connectivity index (χ3v) is 5.09. The summed E-state index contributed by atoms with van der Waals surface area (Å²) in [5.74, 6) is 1.37. The van der Waals surface area contributed by atoms with E-state index in [9.17, 15) is 5.11 Å². The number of halogens is 1. The van der Waals surface area contributed by atoms with Crippen molar-refractivity contribution in [1.82, 2.24) is 4.90 Å². The second-order valence-corrected chi connectivity index (χ2v) is 6.62. The van der Waals surface area contributed by atoms with Gasteiger partial charge < -0.3 is 19.5 Å². The zero-order valence-electron chi connectivity index (χ0n) is 13.1. The minimum atomic E-state index is -0.842. The van der Waals surface area contributed by atoms with Crippen LogP contribution in [0, 0.1) is 0 Å². The van der Waals surface area contributed by atoms with Crippen molar-refractivity contribution in [2.24, 2.45) is 0 Å². The predicted molar refractivity (Wildman–Crippen MR) is 87.1 cm³/mol. The lowest BCUT2D eigenvalue weighted by Gasteiger charge is -2.40. The highest BCUT2D eigenvalue weighted by atomic mass is 79.9. The van der Waals surface area contributed by atoms with Gasteiger partial charge in [0.25, 0.3) is 0 Å². The summed E-state index contributed by atoms with van der Waals surface area (Å²) in [6.45, 7) is 6.16. The fourth-order valence-corrected chi connectivity index (χ4v) is 3.61. The van der Waals surface area contributed by atoms with Gasteiger partial charge >= 0.3 is 0 Å². The van der Waals surface area contributed by atoms with E-state index in [0.29, 0.717) is 30.4 Å². The molecule has 5 heteroatoms. The molecule has 1 aliphatic rings. The highest BCUT2D eigenvalue weighted by molar-refractivity contribution is 9.10. The molecule has 0 bridgehead atoms. The van der Waals surface area contributed by atoms with Gasteiger partial charge in [-0.15, -0.1) is 0 Å². The molecular formula is C16H24BrNO3. The molecule has 1 N–H and O–H groups in total. The van der Waals surface area contributed by atoms with Gasteiger partial charge in [0.2, 0.25) is 0 Å². The summed E-state index contributed by atoms with van der Waals surface area (Å²) in [7, 11) is 3.24. The van der Waals surface area contributed by atoms with Crippen LogP contribution in [0.15, 0.2) is 16.6 Å². The van der Waals surface area contributed by atoms with Crippen molar-refractivity contribution in [1.29, 1.82) is 0 Å². The van der Waals surface area contributed by atoms with Crippen molar-refractivity contribution >= 4 is 15.9 Å². The second kappa shape index (κ2) is 6.55. The van der Waals surface area contributed by atoms with Crippen LogP contribution in [0.5, 0.6) is 11.5 Å². The molecule has 0 spiro atoms.